The van der Waals surface area contributed by atoms with Gasteiger partial charge in [-0.15, -0.1) is 0 Å². The minimum Gasteiger partial charge on any atom is -0.506 e. The predicted octanol–water partition coefficient (Wildman–Crippen LogP) is 4.42. The van der Waals surface area contributed by atoms with Gasteiger partial charge in [0.25, 0.3) is 5.56 Å². The van der Waals surface area contributed by atoms with Gasteiger partial charge in [0.05, 0.1) is 11.1 Å². The first kappa shape index (κ1) is 18.2. The summed E-state index contributed by atoms with van der Waals surface area (Å²) in [6.07, 6.45) is 4.34. The van der Waals surface area contributed by atoms with Crippen LogP contribution in [0.15, 0.2) is 28.0 Å². The van der Waals surface area contributed by atoms with Crippen LogP contribution >= 0.6 is 0 Å². The lowest BCUT2D eigenvalue weighted by molar-refractivity contribution is 0.476. The van der Waals surface area contributed by atoms with Crippen LogP contribution in [0.2, 0.25) is 0 Å². The summed E-state index contributed by atoms with van der Waals surface area (Å²) in [7, 11) is 0. The number of benzene rings is 1. The van der Waals surface area contributed by atoms with E-state index in [9.17, 15) is 9.90 Å². The van der Waals surface area contributed by atoms with E-state index in [0.29, 0.717) is 11.9 Å². The maximum Gasteiger partial charge on any atom is 0.263 e. The number of hydrogen-bond acceptors (Lipinski definition) is 3. The van der Waals surface area contributed by atoms with Crippen molar-refractivity contribution >= 4 is 17.1 Å². The predicted molar refractivity (Wildman–Crippen MR) is 101 cm³/mol. The number of aromatic hydroxyl groups is 1. The minimum absolute atomic E-state index is 0.0297. The molecular formula is C20H28N2O2. The van der Waals surface area contributed by atoms with Crippen LogP contribution in [-0.2, 0) is 6.54 Å². The fourth-order valence-electron chi connectivity index (χ4n) is 2.68. The van der Waals surface area contributed by atoms with Crippen molar-refractivity contribution in [1.29, 1.82) is 0 Å². The standard InChI is InChI=1S/C20H28N2O2/c1-6-8-12-22-17-14(3)10-9-11-15(17)18(23)16(19(22)24)13-21-20(4,5)7-2/h9-11,13,23H,6-8,12H2,1-5H3. The summed E-state index contributed by atoms with van der Waals surface area (Å²) < 4.78 is 1.79. The zero-order chi connectivity index (χ0) is 17.9. The Balaban J connectivity index is 2.75. The highest BCUT2D eigenvalue weighted by molar-refractivity contribution is 5.96. The number of rotatable bonds is 6. The van der Waals surface area contributed by atoms with Gasteiger partial charge in [0, 0.05) is 18.1 Å². The fourth-order valence-corrected chi connectivity index (χ4v) is 2.68. The number of nitrogens with zero attached hydrogens (tertiary/aromatic N) is 2. The second-order valence-electron chi connectivity index (χ2n) is 6.97. The van der Waals surface area contributed by atoms with E-state index in [0.717, 1.165) is 30.3 Å². The Hall–Kier alpha value is -2.10. The number of aryl methyl sites for hydroxylation is 2. The van der Waals surface area contributed by atoms with E-state index >= 15 is 0 Å². The lowest BCUT2D eigenvalue weighted by Gasteiger charge is -2.18. The van der Waals surface area contributed by atoms with Crippen molar-refractivity contribution < 1.29 is 5.11 Å². The van der Waals surface area contributed by atoms with Crippen molar-refractivity contribution in [3.63, 3.8) is 0 Å². The molecule has 0 fully saturated rings. The number of para-hydroxylation sites is 1. The molecule has 0 saturated carbocycles. The zero-order valence-electron chi connectivity index (χ0n) is 15.4. The number of pyridine rings is 1. The van der Waals surface area contributed by atoms with Crippen LogP contribution in [0.1, 0.15) is 58.1 Å². The number of aliphatic imine (C=N–C) groups is 1. The molecule has 130 valence electrons. The molecule has 1 aromatic heterocycles. The summed E-state index contributed by atoms with van der Waals surface area (Å²) in [5.41, 5.74) is 1.67. The third-order valence-corrected chi connectivity index (χ3v) is 4.64. The molecule has 0 saturated heterocycles. The van der Waals surface area contributed by atoms with Crippen molar-refractivity contribution in [2.45, 2.75) is 66.0 Å². The molecule has 0 amide bonds. The SMILES string of the molecule is CCCCn1c(=O)c(C=NC(C)(C)CC)c(O)c2cccc(C)c21. The largest absolute Gasteiger partial charge is 0.506 e. The van der Waals surface area contributed by atoms with Gasteiger partial charge in [0.2, 0.25) is 0 Å². The van der Waals surface area contributed by atoms with E-state index in [1.807, 2.05) is 39.0 Å². The topological polar surface area (TPSA) is 54.6 Å². The van der Waals surface area contributed by atoms with Gasteiger partial charge in [0.1, 0.15) is 11.3 Å². The second kappa shape index (κ2) is 7.20. The number of aromatic nitrogens is 1. The first-order chi connectivity index (χ1) is 11.3. The maximum absolute atomic E-state index is 13.0. The van der Waals surface area contributed by atoms with Crippen molar-refractivity contribution in [3.8, 4) is 5.75 Å². The van der Waals surface area contributed by atoms with E-state index < -0.39 is 0 Å². The summed E-state index contributed by atoms with van der Waals surface area (Å²) in [5, 5.41) is 11.4. The quantitative estimate of drug-likeness (QED) is 0.798. The van der Waals surface area contributed by atoms with Gasteiger partial charge < -0.3 is 9.67 Å². The smallest absolute Gasteiger partial charge is 0.263 e. The van der Waals surface area contributed by atoms with E-state index in [1.54, 1.807) is 10.8 Å². The Morgan fingerprint density at radius 2 is 2.00 bits per heavy atom. The molecule has 0 unspecified atom stereocenters. The van der Waals surface area contributed by atoms with Crippen LogP contribution in [0.5, 0.6) is 5.75 Å². The number of unbranched alkanes of at least 4 members (excludes halogenated alkanes) is 1. The Bertz CT molecular complexity index is 816. The highest BCUT2D eigenvalue weighted by atomic mass is 16.3. The Kier molecular flexibility index (Phi) is 5.47. The van der Waals surface area contributed by atoms with Crippen molar-refractivity contribution in [1.82, 2.24) is 4.57 Å². The molecule has 2 aromatic rings. The fraction of sp³-hybridized carbons (Fsp3) is 0.500. The molecule has 0 atom stereocenters. The molecule has 0 bridgehead atoms. The van der Waals surface area contributed by atoms with Gasteiger partial charge in [-0.1, -0.05) is 32.4 Å². The molecular weight excluding hydrogens is 300 g/mol. The molecule has 1 aromatic carbocycles. The van der Waals surface area contributed by atoms with Crippen LogP contribution in [0.25, 0.3) is 10.9 Å². The number of hydrogen-bond donors (Lipinski definition) is 1. The molecule has 0 aliphatic carbocycles. The van der Waals surface area contributed by atoms with Crippen LogP contribution in [0.4, 0.5) is 0 Å². The summed E-state index contributed by atoms with van der Waals surface area (Å²) in [5.74, 6) is 0.0297. The normalized spacial score (nSPS) is 12.4. The molecule has 4 heteroatoms. The second-order valence-corrected chi connectivity index (χ2v) is 6.97. The number of fused-ring (bicyclic) bond motifs is 1. The molecule has 0 spiro atoms. The molecule has 0 radical (unpaired) electrons. The highest BCUT2D eigenvalue weighted by Gasteiger charge is 2.18. The van der Waals surface area contributed by atoms with Crippen LogP contribution in [0, 0.1) is 6.92 Å². The van der Waals surface area contributed by atoms with Gasteiger partial charge >= 0.3 is 0 Å². The van der Waals surface area contributed by atoms with Gasteiger partial charge in [-0.3, -0.25) is 9.79 Å². The average molecular weight is 328 g/mol. The van der Waals surface area contributed by atoms with E-state index in [2.05, 4.69) is 18.8 Å². The molecule has 1 N–H and O–H groups in total. The Labute approximate surface area is 143 Å². The van der Waals surface area contributed by atoms with Gasteiger partial charge in [-0.25, -0.2) is 0 Å². The van der Waals surface area contributed by atoms with E-state index in [4.69, 9.17) is 0 Å². The van der Waals surface area contributed by atoms with Gasteiger partial charge in [-0.05, 0) is 45.2 Å². The third kappa shape index (κ3) is 3.53. The van der Waals surface area contributed by atoms with E-state index in [1.165, 1.54) is 0 Å². The lowest BCUT2D eigenvalue weighted by Crippen LogP contribution is -2.26. The Morgan fingerprint density at radius 3 is 2.62 bits per heavy atom. The molecule has 1 heterocycles. The Morgan fingerprint density at radius 1 is 1.29 bits per heavy atom. The summed E-state index contributed by atoms with van der Waals surface area (Å²) in [6, 6.07) is 5.74. The van der Waals surface area contributed by atoms with E-state index in [-0.39, 0.29) is 22.4 Å². The first-order valence-electron chi connectivity index (χ1n) is 8.72. The van der Waals surface area contributed by atoms with Crippen LogP contribution < -0.4 is 5.56 Å². The average Bonchev–Trinajstić information content (AvgIpc) is 2.55. The molecule has 0 aliphatic heterocycles. The summed E-state index contributed by atoms with van der Waals surface area (Å²) in [4.78, 5) is 17.5. The monoisotopic (exact) mass is 328 g/mol. The van der Waals surface area contributed by atoms with Crippen molar-refractivity contribution in [2.24, 2.45) is 4.99 Å². The summed E-state index contributed by atoms with van der Waals surface area (Å²) in [6.45, 7) is 10.8. The third-order valence-electron chi connectivity index (χ3n) is 4.64. The van der Waals surface area contributed by atoms with Crippen molar-refractivity contribution in [2.75, 3.05) is 0 Å². The van der Waals surface area contributed by atoms with Crippen molar-refractivity contribution in [3.05, 3.63) is 39.7 Å². The van der Waals surface area contributed by atoms with Crippen LogP contribution in [0.3, 0.4) is 0 Å². The molecule has 0 aliphatic rings. The minimum atomic E-state index is -0.255. The molecule has 4 nitrogen and oxygen atoms in total. The maximum atomic E-state index is 13.0. The first-order valence-corrected chi connectivity index (χ1v) is 8.72. The highest BCUT2D eigenvalue weighted by Crippen LogP contribution is 2.28. The molecule has 24 heavy (non-hydrogen) atoms. The molecule has 2 rings (SSSR count). The summed E-state index contributed by atoms with van der Waals surface area (Å²) >= 11 is 0. The van der Waals surface area contributed by atoms with Gasteiger partial charge in [0.15, 0.2) is 0 Å². The lowest BCUT2D eigenvalue weighted by atomic mass is 10.0. The zero-order valence-corrected chi connectivity index (χ0v) is 15.4. The van der Waals surface area contributed by atoms with Crippen LogP contribution in [-0.4, -0.2) is 21.4 Å². The van der Waals surface area contributed by atoms with Gasteiger partial charge in [-0.2, -0.15) is 0 Å².